The number of carboxylic acids is 1. The normalized spacial score (nSPS) is 46.1. The number of carboxylic acid groups (broad SMARTS) is 1. The fourth-order valence-corrected chi connectivity index (χ4v) is 3.62. The molecule has 0 spiro atoms. The number of carbonyl (C=O) groups excluding carboxylic acids is 1. The van der Waals surface area contributed by atoms with Crippen molar-refractivity contribution in [2.75, 3.05) is 0 Å². The molecule has 0 unspecified atom stereocenters. The van der Waals surface area contributed by atoms with Crippen LogP contribution in [0.5, 0.6) is 0 Å². The monoisotopic (exact) mass is 310 g/mol. The first-order chi connectivity index (χ1) is 6.45. The smallest absolute Gasteiger partial charge is 0.310 e. The molecule has 0 amide bonds. The third-order valence-corrected chi connectivity index (χ3v) is 4.54. The summed E-state index contributed by atoms with van der Waals surface area (Å²) in [6, 6.07) is 0. The molecule has 1 aliphatic carbocycles. The van der Waals surface area contributed by atoms with E-state index in [1.165, 1.54) is 0 Å². The van der Waals surface area contributed by atoms with Gasteiger partial charge in [0.1, 0.15) is 6.10 Å². The fourth-order valence-electron chi connectivity index (χ4n) is 2.26. The van der Waals surface area contributed by atoms with Gasteiger partial charge >= 0.3 is 11.9 Å². The van der Waals surface area contributed by atoms with Crippen LogP contribution in [0.1, 0.15) is 19.8 Å². The lowest BCUT2D eigenvalue weighted by Gasteiger charge is -2.34. The lowest BCUT2D eigenvalue weighted by Crippen LogP contribution is -2.44. The third-order valence-electron chi connectivity index (χ3n) is 3.30. The van der Waals surface area contributed by atoms with Crippen molar-refractivity contribution in [3.63, 3.8) is 0 Å². The van der Waals surface area contributed by atoms with E-state index in [2.05, 4.69) is 22.6 Å². The molecule has 2 aliphatic rings. The molecular formula is C9H11IO4. The molecule has 1 aliphatic heterocycles. The number of halogens is 1. The Kier molecular flexibility index (Phi) is 2.24. The molecule has 1 saturated carbocycles. The first-order valence-electron chi connectivity index (χ1n) is 4.53. The van der Waals surface area contributed by atoms with Crippen LogP contribution >= 0.6 is 22.6 Å². The second-order valence-corrected chi connectivity index (χ2v) is 5.81. The highest BCUT2D eigenvalue weighted by molar-refractivity contribution is 14.1. The molecule has 5 heteroatoms. The highest BCUT2D eigenvalue weighted by Crippen LogP contribution is 2.49. The Morgan fingerprint density at radius 2 is 2.36 bits per heavy atom. The van der Waals surface area contributed by atoms with Crippen LogP contribution in [-0.2, 0) is 14.3 Å². The minimum Gasteiger partial charge on any atom is -0.481 e. The maximum Gasteiger partial charge on any atom is 0.310 e. The summed E-state index contributed by atoms with van der Waals surface area (Å²) in [4.78, 5) is 22.6. The van der Waals surface area contributed by atoms with Crippen LogP contribution in [-0.4, -0.2) is 27.1 Å². The zero-order valence-electron chi connectivity index (χ0n) is 7.70. The SMILES string of the molecule is C[C@]1(C(=O)O)C[C@H](I)[C@@H]2C[C@H]1C(=O)O2. The van der Waals surface area contributed by atoms with E-state index < -0.39 is 17.3 Å². The molecule has 4 nitrogen and oxygen atoms in total. The fraction of sp³-hybridized carbons (Fsp3) is 0.778. The number of alkyl halides is 1. The minimum atomic E-state index is -0.935. The van der Waals surface area contributed by atoms with Gasteiger partial charge in [0.25, 0.3) is 0 Å². The molecular weight excluding hydrogens is 299 g/mol. The van der Waals surface area contributed by atoms with Gasteiger partial charge in [-0.2, -0.15) is 0 Å². The topological polar surface area (TPSA) is 63.6 Å². The molecule has 78 valence electrons. The number of esters is 1. The standard InChI is InChI=1S/C9H11IO4/c1-9(8(12)13)3-5(10)6-2-4(9)7(11)14-6/h4-6H,2-3H2,1H3,(H,12,13)/t4-,5-,6-,9-/m0/s1. The van der Waals surface area contributed by atoms with Crippen LogP contribution in [0.15, 0.2) is 0 Å². The van der Waals surface area contributed by atoms with Crippen LogP contribution in [0.25, 0.3) is 0 Å². The molecule has 2 bridgehead atoms. The Bertz CT molecular complexity index is 303. The Labute approximate surface area is 95.1 Å². The highest BCUT2D eigenvalue weighted by Gasteiger charge is 2.57. The maximum atomic E-state index is 11.4. The molecule has 0 aromatic carbocycles. The van der Waals surface area contributed by atoms with Crippen LogP contribution in [0, 0.1) is 11.3 Å². The number of fused-ring (bicyclic) bond motifs is 2. The van der Waals surface area contributed by atoms with Crippen molar-refractivity contribution >= 4 is 34.5 Å². The number of hydrogen-bond acceptors (Lipinski definition) is 3. The molecule has 4 atom stereocenters. The molecule has 1 N–H and O–H groups in total. The Morgan fingerprint density at radius 3 is 2.93 bits per heavy atom. The van der Waals surface area contributed by atoms with Crippen molar-refractivity contribution in [1.29, 1.82) is 0 Å². The Balaban J connectivity index is 2.35. The third kappa shape index (κ3) is 1.24. The first-order valence-corrected chi connectivity index (χ1v) is 5.77. The predicted octanol–water partition coefficient (Wildman–Crippen LogP) is 1.22. The molecule has 0 aromatic rings. The summed E-state index contributed by atoms with van der Waals surface area (Å²) in [5.41, 5.74) is -0.935. The average Bonchev–Trinajstić information content (AvgIpc) is 2.42. The minimum absolute atomic E-state index is 0.0690. The summed E-state index contributed by atoms with van der Waals surface area (Å²) in [7, 11) is 0. The van der Waals surface area contributed by atoms with E-state index >= 15 is 0 Å². The van der Waals surface area contributed by atoms with Crippen molar-refractivity contribution in [3.8, 4) is 0 Å². The molecule has 0 aromatic heterocycles. The number of carbonyl (C=O) groups is 2. The van der Waals surface area contributed by atoms with Gasteiger partial charge in [-0.25, -0.2) is 0 Å². The summed E-state index contributed by atoms with van der Waals surface area (Å²) in [5, 5.41) is 9.14. The van der Waals surface area contributed by atoms with Crippen molar-refractivity contribution in [2.24, 2.45) is 11.3 Å². The Hall–Kier alpha value is -0.330. The van der Waals surface area contributed by atoms with E-state index in [1.54, 1.807) is 6.92 Å². The van der Waals surface area contributed by atoms with Gasteiger partial charge in [-0.3, -0.25) is 9.59 Å². The van der Waals surface area contributed by atoms with E-state index in [4.69, 9.17) is 9.84 Å². The largest absolute Gasteiger partial charge is 0.481 e. The quantitative estimate of drug-likeness (QED) is 0.449. The van der Waals surface area contributed by atoms with Crippen LogP contribution in [0.2, 0.25) is 0 Å². The summed E-state index contributed by atoms with van der Waals surface area (Å²) < 4.78 is 5.26. The molecule has 0 radical (unpaired) electrons. The van der Waals surface area contributed by atoms with Gasteiger partial charge in [-0.05, 0) is 19.8 Å². The van der Waals surface area contributed by atoms with Crippen LogP contribution < -0.4 is 0 Å². The van der Waals surface area contributed by atoms with E-state index in [1.807, 2.05) is 0 Å². The van der Waals surface area contributed by atoms with Crippen LogP contribution in [0.4, 0.5) is 0 Å². The van der Waals surface area contributed by atoms with Crippen molar-refractivity contribution in [2.45, 2.75) is 29.8 Å². The van der Waals surface area contributed by atoms with Gasteiger partial charge in [0.15, 0.2) is 0 Å². The van der Waals surface area contributed by atoms with E-state index in [0.29, 0.717) is 12.8 Å². The van der Waals surface area contributed by atoms with Gasteiger partial charge in [0.2, 0.25) is 0 Å². The van der Waals surface area contributed by atoms with Gasteiger partial charge in [0.05, 0.1) is 11.3 Å². The summed E-state index contributed by atoms with van der Waals surface area (Å²) >= 11 is 2.17. The maximum absolute atomic E-state index is 11.4. The number of rotatable bonds is 1. The van der Waals surface area contributed by atoms with Gasteiger partial charge in [-0.1, -0.05) is 22.6 Å². The lowest BCUT2D eigenvalue weighted by molar-refractivity contribution is -0.157. The second kappa shape index (κ2) is 3.08. The molecule has 1 saturated heterocycles. The summed E-state index contributed by atoms with van der Waals surface area (Å²) in [5.74, 6) is -1.67. The average molecular weight is 310 g/mol. The number of ether oxygens (including phenoxy) is 1. The van der Waals surface area contributed by atoms with Crippen molar-refractivity contribution in [3.05, 3.63) is 0 Å². The zero-order chi connectivity index (χ0) is 10.5. The van der Waals surface area contributed by atoms with Gasteiger partial charge < -0.3 is 9.84 Å². The van der Waals surface area contributed by atoms with E-state index in [-0.39, 0.29) is 16.0 Å². The zero-order valence-corrected chi connectivity index (χ0v) is 9.85. The summed E-state index contributed by atoms with van der Waals surface area (Å²) in [6.45, 7) is 1.65. The summed E-state index contributed by atoms with van der Waals surface area (Å²) in [6.07, 6.45) is 1.01. The first kappa shape index (κ1) is 10.2. The highest BCUT2D eigenvalue weighted by atomic mass is 127. The molecule has 14 heavy (non-hydrogen) atoms. The van der Waals surface area contributed by atoms with Gasteiger partial charge in [0, 0.05) is 3.92 Å². The molecule has 2 rings (SSSR count). The predicted molar refractivity (Wildman–Crippen MR) is 56.2 cm³/mol. The van der Waals surface area contributed by atoms with Gasteiger partial charge in [-0.15, -0.1) is 0 Å². The lowest BCUT2D eigenvalue weighted by atomic mass is 9.68. The Morgan fingerprint density at radius 1 is 1.71 bits per heavy atom. The molecule has 2 fully saturated rings. The number of aliphatic carboxylic acids is 1. The molecule has 1 heterocycles. The van der Waals surface area contributed by atoms with Crippen LogP contribution in [0.3, 0.4) is 0 Å². The van der Waals surface area contributed by atoms with E-state index in [0.717, 1.165) is 0 Å². The van der Waals surface area contributed by atoms with Crippen molar-refractivity contribution < 1.29 is 19.4 Å². The van der Waals surface area contributed by atoms with Crippen molar-refractivity contribution in [1.82, 2.24) is 0 Å². The second-order valence-electron chi connectivity index (χ2n) is 4.21. The van der Waals surface area contributed by atoms with E-state index in [9.17, 15) is 9.59 Å². The number of hydrogen-bond donors (Lipinski definition) is 1.